The molecule has 1 N–H and O–H groups in total. The fraction of sp³-hybridized carbons (Fsp3) is 0.222. The quantitative estimate of drug-likeness (QED) is 0.378. The van der Waals surface area contributed by atoms with Gasteiger partial charge in [0.05, 0.1) is 17.1 Å². The van der Waals surface area contributed by atoms with E-state index in [9.17, 15) is 13.2 Å². The first-order valence-electron chi connectivity index (χ1n) is 10.9. The number of nitrogens with zero attached hydrogens (tertiary/aromatic N) is 1. The fourth-order valence-electron chi connectivity index (χ4n) is 3.48. The van der Waals surface area contributed by atoms with E-state index in [1.165, 1.54) is 16.4 Å². The third kappa shape index (κ3) is 6.05. The van der Waals surface area contributed by atoms with E-state index in [1.807, 2.05) is 44.2 Å². The number of rotatable bonds is 11. The van der Waals surface area contributed by atoms with E-state index in [2.05, 4.69) is 6.58 Å². The van der Waals surface area contributed by atoms with Crippen molar-refractivity contribution >= 4 is 21.7 Å². The molecule has 0 atom stereocenters. The molecule has 0 bridgehead atoms. The standard InChI is InChI=1S/C27H29NO5S/c1-4-17-33-26-8-6-5-7-23(26)19-28(24-13-9-20(2)21(3)18-24)34(31,32)25-14-10-22(11-15-25)12-16-27(29)30/h4-11,13-15,18H,1,12,16-17,19H2,2-3H3,(H,29,30). The summed E-state index contributed by atoms with van der Waals surface area (Å²) in [6, 6.07) is 19.3. The second-order valence-corrected chi connectivity index (χ2v) is 9.89. The molecule has 6 nitrogen and oxygen atoms in total. The molecule has 0 heterocycles. The largest absolute Gasteiger partial charge is 0.489 e. The van der Waals surface area contributed by atoms with Crippen molar-refractivity contribution in [1.82, 2.24) is 0 Å². The maximum Gasteiger partial charge on any atom is 0.303 e. The minimum atomic E-state index is -3.93. The van der Waals surface area contributed by atoms with E-state index < -0.39 is 16.0 Å². The molecule has 0 amide bonds. The Hall–Kier alpha value is -3.58. The van der Waals surface area contributed by atoms with Crippen LogP contribution >= 0.6 is 0 Å². The molecule has 3 aromatic rings. The molecule has 3 aromatic carbocycles. The lowest BCUT2D eigenvalue weighted by Crippen LogP contribution is -2.31. The molecule has 0 fully saturated rings. The molecule has 0 unspecified atom stereocenters. The average molecular weight is 480 g/mol. The number of carboxylic acids is 1. The van der Waals surface area contributed by atoms with Gasteiger partial charge >= 0.3 is 5.97 Å². The van der Waals surface area contributed by atoms with Crippen molar-refractivity contribution in [2.45, 2.75) is 38.1 Å². The van der Waals surface area contributed by atoms with Gasteiger partial charge in [-0.3, -0.25) is 9.10 Å². The topological polar surface area (TPSA) is 83.9 Å². The first-order chi connectivity index (χ1) is 16.2. The molecule has 7 heteroatoms. The Morgan fingerprint density at radius 2 is 1.74 bits per heavy atom. The number of aryl methyl sites for hydroxylation is 3. The molecule has 0 spiro atoms. The van der Waals surface area contributed by atoms with Gasteiger partial charge in [-0.25, -0.2) is 8.42 Å². The molecule has 3 rings (SSSR count). The number of ether oxygens (including phenoxy) is 1. The number of anilines is 1. The first kappa shape index (κ1) is 25.1. The van der Waals surface area contributed by atoms with Crippen LogP contribution in [0.5, 0.6) is 5.75 Å². The molecule has 34 heavy (non-hydrogen) atoms. The maximum atomic E-state index is 13.8. The number of hydrogen-bond acceptors (Lipinski definition) is 4. The van der Waals surface area contributed by atoms with Crippen LogP contribution in [0.2, 0.25) is 0 Å². The van der Waals surface area contributed by atoms with E-state index in [1.54, 1.807) is 30.3 Å². The Morgan fingerprint density at radius 1 is 1.03 bits per heavy atom. The van der Waals surface area contributed by atoms with Crippen molar-refractivity contribution in [2.75, 3.05) is 10.9 Å². The minimum absolute atomic E-state index is 0.0116. The van der Waals surface area contributed by atoms with Gasteiger partial charge in [-0.05, 0) is 67.3 Å². The van der Waals surface area contributed by atoms with Gasteiger partial charge in [-0.2, -0.15) is 0 Å². The summed E-state index contributed by atoms with van der Waals surface area (Å²) in [4.78, 5) is 11.0. The highest BCUT2D eigenvalue weighted by molar-refractivity contribution is 7.92. The van der Waals surface area contributed by atoms with Crippen LogP contribution in [0.15, 0.2) is 84.3 Å². The highest BCUT2D eigenvalue weighted by Gasteiger charge is 2.26. The molecule has 0 aliphatic carbocycles. The third-order valence-corrected chi connectivity index (χ3v) is 7.35. The van der Waals surface area contributed by atoms with Gasteiger partial charge in [-0.15, -0.1) is 0 Å². The van der Waals surface area contributed by atoms with Crippen LogP contribution in [-0.2, 0) is 27.8 Å². The Morgan fingerprint density at radius 3 is 2.38 bits per heavy atom. The lowest BCUT2D eigenvalue weighted by Gasteiger charge is -2.26. The smallest absolute Gasteiger partial charge is 0.303 e. The summed E-state index contributed by atoms with van der Waals surface area (Å²) < 4.78 is 34.8. The van der Waals surface area contributed by atoms with Gasteiger partial charge in [0.15, 0.2) is 0 Å². The second-order valence-electron chi connectivity index (χ2n) is 8.03. The Labute approximate surface area is 201 Å². The van der Waals surface area contributed by atoms with Crippen molar-refractivity contribution < 1.29 is 23.1 Å². The van der Waals surface area contributed by atoms with E-state index in [0.717, 1.165) is 22.3 Å². The van der Waals surface area contributed by atoms with Gasteiger partial charge in [0.2, 0.25) is 0 Å². The fourth-order valence-corrected chi connectivity index (χ4v) is 4.92. The molecule has 0 aliphatic rings. The number of carboxylic acid groups (broad SMARTS) is 1. The zero-order valence-electron chi connectivity index (χ0n) is 19.4. The SMILES string of the molecule is C=CCOc1ccccc1CN(c1ccc(C)c(C)c1)S(=O)(=O)c1ccc(CCC(=O)O)cc1. The van der Waals surface area contributed by atoms with Crippen LogP contribution in [0.4, 0.5) is 5.69 Å². The number of para-hydroxylation sites is 1. The molecule has 178 valence electrons. The van der Waals surface area contributed by atoms with Crippen molar-refractivity contribution in [3.05, 3.63) is 102 Å². The number of sulfonamides is 1. The van der Waals surface area contributed by atoms with Crippen LogP contribution in [0.25, 0.3) is 0 Å². The molecular formula is C27H29NO5S. The molecule has 0 aliphatic heterocycles. The van der Waals surface area contributed by atoms with Gasteiger partial charge in [-0.1, -0.05) is 49.1 Å². The van der Waals surface area contributed by atoms with Crippen molar-refractivity contribution in [3.63, 3.8) is 0 Å². The summed E-state index contributed by atoms with van der Waals surface area (Å²) in [5, 5.41) is 8.90. The van der Waals surface area contributed by atoms with Crippen molar-refractivity contribution in [3.8, 4) is 5.75 Å². The maximum absolute atomic E-state index is 13.8. The van der Waals surface area contributed by atoms with Gasteiger partial charge in [0.1, 0.15) is 12.4 Å². The van der Waals surface area contributed by atoms with E-state index >= 15 is 0 Å². The van der Waals surface area contributed by atoms with Gasteiger partial charge in [0.25, 0.3) is 10.0 Å². The summed E-state index contributed by atoms with van der Waals surface area (Å²) in [5.41, 5.74) is 4.10. The number of hydrogen-bond donors (Lipinski definition) is 1. The lowest BCUT2D eigenvalue weighted by molar-refractivity contribution is -0.136. The molecule has 0 saturated carbocycles. The zero-order valence-corrected chi connectivity index (χ0v) is 20.2. The van der Waals surface area contributed by atoms with Gasteiger partial charge in [0, 0.05) is 12.0 Å². The summed E-state index contributed by atoms with van der Waals surface area (Å²) >= 11 is 0. The van der Waals surface area contributed by atoms with Crippen LogP contribution in [0, 0.1) is 13.8 Å². The molecule has 0 saturated heterocycles. The van der Waals surface area contributed by atoms with E-state index in [-0.39, 0.29) is 17.9 Å². The average Bonchev–Trinajstić information content (AvgIpc) is 2.82. The molecule has 0 aromatic heterocycles. The lowest BCUT2D eigenvalue weighted by atomic mass is 10.1. The number of aliphatic carboxylic acids is 1. The van der Waals surface area contributed by atoms with Crippen LogP contribution < -0.4 is 9.04 Å². The molecular weight excluding hydrogens is 450 g/mol. The number of benzene rings is 3. The minimum Gasteiger partial charge on any atom is -0.489 e. The van der Waals surface area contributed by atoms with Crippen LogP contribution in [-0.4, -0.2) is 26.1 Å². The van der Waals surface area contributed by atoms with Gasteiger partial charge < -0.3 is 9.84 Å². The predicted octanol–water partition coefficient (Wildman–Crippen LogP) is 5.28. The Balaban J connectivity index is 2.02. The summed E-state index contributed by atoms with van der Waals surface area (Å²) in [6.45, 7) is 7.99. The molecule has 0 radical (unpaired) electrons. The monoisotopic (exact) mass is 479 g/mol. The highest BCUT2D eigenvalue weighted by atomic mass is 32.2. The Bertz CT molecular complexity index is 1270. The summed E-state index contributed by atoms with van der Waals surface area (Å²) in [7, 11) is -3.93. The third-order valence-electron chi connectivity index (χ3n) is 5.56. The first-order valence-corrected chi connectivity index (χ1v) is 12.4. The summed E-state index contributed by atoms with van der Waals surface area (Å²) in [5.74, 6) is -0.301. The van der Waals surface area contributed by atoms with E-state index in [0.29, 0.717) is 24.5 Å². The zero-order chi connectivity index (χ0) is 24.7. The van der Waals surface area contributed by atoms with Crippen molar-refractivity contribution in [2.24, 2.45) is 0 Å². The normalized spacial score (nSPS) is 11.1. The Kier molecular flexibility index (Phi) is 8.12. The van der Waals surface area contributed by atoms with Crippen molar-refractivity contribution in [1.29, 1.82) is 0 Å². The highest BCUT2D eigenvalue weighted by Crippen LogP contribution is 2.30. The summed E-state index contributed by atoms with van der Waals surface area (Å²) in [6.07, 6.45) is 1.97. The van der Waals surface area contributed by atoms with Crippen LogP contribution in [0.3, 0.4) is 0 Å². The van der Waals surface area contributed by atoms with Crippen LogP contribution in [0.1, 0.15) is 28.7 Å². The predicted molar refractivity (Wildman–Crippen MR) is 134 cm³/mol. The second kappa shape index (κ2) is 11.0. The van der Waals surface area contributed by atoms with E-state index in [4.69, 9.17) is 9.84 Å². The number of carbonyl (C=O) groups is 1.